The Morgan fingerprint density at radius 3 is 2.33 bits per heavy atom. The van der Waals surface area contributed by atoms with E-state index in [0.29, 0.717) is 12.1 Å². The van der Waals surface area contributed by atoms with Crippen LogP contribution in [-0.2, 0) is 6.42 Å². The lowest BCUT2D eigenvalue weighted by atomic mass is 10.1. The van der Waals surface area contributed by atoms with Gasteiger partial charge in [-0.1, -0.05) is 30.3 Å². The number of aryl methyl sites for hydroxylation is 2. The van der Waals surface area contributed by atoms with Crippen LogP contribution >= 0.6 is 0 Å². The molecule has 1 atom stereocenters. The molecule has 0 spiro atoms. The second-order valence-electron chi connectivity index (χ2n) is 6.15. The zero-order chi connectivity index (χ0) is 15.4. The van der Waals surface area contributed by atoms with E-state index in [1.807, 2.05) is 0 Å². The van der Waals surface area contributed by atoms with Crippen LogP contribution in [0.25, 0.3) is 0 Å². The van der Waals surface area contributed by atoms with Crippen LogP contribution in [0.4, 0.5) is 5.69 Å². The first-order chi connectivity index (χ1) is 9.99. The first kappa shape index (κ1) is 15.6. The standard InChI is InChI=1S/C18H27N3/c1-13(2)21-16(5)18(15(4)20-21)19-14(3)11-12-17-9-7-6-8-10-17/h6-10,13-14,19H,11-12H2,1-5H3. The molecule has 2 rings (SSSR count). The largest absolute Gasteiger partial charge is 0.380 e. The van der Waals surface area contributed by atoms with Crippen molar-refractivity contribution in [2.24, 2.45) is 0 Å². The van der Waals surface area contributed by atoms with Crippen molar-refractivity contribution >= 4 is 5.69 Å². The summed E-state index contributed by atoms with van der Waals surface area (Å²) in [6.45, 7) is 10.8. The van der Waals surface area contributed by atoms with E-state index in [0.717, 1.165) is 18.5 Å². The number of rotatable bonds is 6. The van der Waals surface area contributed by atoms with Gasteiger partial charge in [-0.2, -0.15) is 5.10 Å². The van der Waals surface area contributed by atoms with Gasteiger partial charge in [0.2, 0.25) is 0 Å². The van der Waals surface area contributed by atoms with Crippen molar-refractivity contribution in [2.75, 3.05) is 5.32 Å². The van der Waals surface area contributed by atoms with Crippen molar-refractivity contribution in [3.05, 3.63) is 47.3 Å². The third-order valence-corrected chi connectivity index (χ3v) is 3.91. The molecule has 0 amide bonds. The van der Waals surface area contributed by atoms with Crippen LogP contribution in [0.2, 0.25) is 0 Å². The predicted molar refractivity (Wildman–Crippen MR) is 89.9 cm³/mol. The van der Waals surface area contributed by atoms with Gasteiger partial charge < -0.3 is 5.32 Å². The van der Waals surface area contributed by atoms with Crippen LogP contribution in [0.5, 0.6) is 0 Å². The van der Waals surface area contributed by atoms with E-state index in [1.54, 1.807) is 0 Å². The molecular formula is C18H27N3. The first-order valence-corrected chi connectivity index (χ1v) is 7.85. The number of hydrogen-bond acceptors (Lipinski definition) is 2. The van der Waals surface area contributed by atoms with Gasteiger partial charge in [0.1, 0.15) is 0 Å². The average Bonchev–Trinajstić information content (AvgIpc) is 2.74. The quantitative estimate of drug-likeness (QED) is 0.846. The number of aromatic nitrogens is 2. The molecule has 3 nitrogen and oxygen atoms in total. The van der Waals surface area contributed by atoms with Crippen molar-refractivity contribution in [1.82, 2.24) is 9.78 Å². The van der Waals surface area contributed by atoms with Gasteiger partial charge in [0.05, 0.1) is 17.1 Å². The molecule has 0 aliphatic rings. The Labute approximate surface area is 128 Å². The average molecular weight is 285 g/mol. The molecule has 0 aliphatic carbocycles. The van der Waals surface area contributed by atoms with Crippen molar-refractivity contribution in [3.63, 3.8) is 0 Å². The highest BCUT2D eigenvalue weighted by Crippen LogP contribution is 2.23. The van der Waals surface area contributed by atoms with E-state index in [-0.39, 0.29) is 0 Å². The highest BCUT2D eigenvalue weighted by atomic mass is 15.3. The van der Waals surface area contributed by atoms with Gasteiger partial charge >= 0.3 is 0 Å². The van der Waals surface area contributed by atoms with Gasteiger partial charge in [-0.15, -0.1) is 0 Å². The first-order valence-electron chi connectivity index (χ1n) is 7.85. The van der Waals surface area contributed by atoms with Gasteiger partial charge in [0.15, 0.2) is 0 Å². The van der Waals surface area contributed by atoms with Gasteiger partial charge in [0, 0.05) is 12.1 Å². The molecule has 1 N–H and O–H groups in total. The minimum atomic E-state index is 0.402. The van der Waals surface area contributed by atoms with Crippen LogP contribution in [0.15, 0.2) is 30.3 Å². The van der Waals surface area contributed by atoms with Crippen LogP contribution in [-0.4, -0.2) is 15.8 Å². The second-order valence-corrected chi connectivity index (χ2v) is 6.15. The second kappa shape index (κ2) is 6.79. The predicted octanol–water partition coefficient (Wildman–Crippen LogP) is 4.51. The summed E-state index contributed by atoms with van der Waals surface area (Å²) in [6, 6.07) is 11.5. The van der Waals surface area contributed by atoms with Crippen molar-refractivity contribution in [2.45, 2.75) is 59.5 Å². The normalized spacial score (nSPS) is 12.7. The van der Waals surface area contributed by atoms with Crippen LogP contribution in [0.3, 0.4) is 0 Å². The molecule has 0 fully saturated rings. The minimum Gasteiger partial charge on any atom is -0.380 e. The van der Waals surface area contributed by atoms with E-state index in [4.69, 9.17) is 0 Å². The summed E-state index contributed by atoms with van der Waals surface area (Å²) in [7, 11) is 0. The van der Waals surface area contributed by atoms with E-state index in [9.17, 15) is 0 Å². The number of benzene rings is 1. The Morgan fingerprint density at radius 1 is 1.10 bits per heavy atom. The Hall–Kier alpha value is -1.77. The molecule has 1 aromatic carbocycles. The van der Waals surface area contributed by atoms with Crippen molar-refractivity contribution in [1.29, 1.82) is 0 Å². The number of nitrogens with zero attached hydrogens (tertiary/aromatic N) is 2. The zero-order valence-corrected chi connectivity index (χ0v) is 13.9. The molecule has 21 heavy (non-hydrogen) atoms. The fourth-order valence-electron chi connectivity index (χ4n) is 2.72. The summed E-state index contributed by atoms with van der Waals surface area (Å²) in [5.74, 6) is 0. The van der Waals surface area contributed by atoms with Crippen molar-refractivity contribution < 1.29 is 0 Å². The van der Waals surface area contributed by atoms with E-state index < -0.39 is 0 Å². The molecule has 0 saturated heterocycles. The summed E-state index contributed by atoms with van der Waals surface area (Å²) in [4.78, 5) is 0. The van der Waals surface area contributed by atoms with Gasteiger partial charge in [-0.25, -0.2) is 0 Å². The molecular weight excluding hydrogens is 258 g/mol. The van der Waals surface area contributed by atoms with Gasteiger partial charge in [-0.05, 0) is 53.0 Å². The molecule has 3 heteroatoms. The molecule has 114 valence electrons. The maximum atomic E-state index is 4.64. The summed E-state index contributed by atoms with van der Waals surface area (Å²) in [6.07, 6.45) is 2.22. The monoisotopic (exact) mass is 285 g/mol. The lowest BCUT2D eigenvalue weighted by molar-refractivity contribution is 0.516. The minimum absolute atomic E-state index is 0.402. The fourth-order valence-corrected chi connectivity index (χ4v) is 2.72. The van der Waals surface area contributed by atoms with Crippen molar-refractivity contribution in [3.8, 4) is 0 Å². The third kappa shape index (κ3) is 3.87. The molecule has 1 aromatic heterocycles. The topological polar surface area (TPSA) is 29.9 Å². The SMILES string of the molecule is Cc1nn(C(C)C)c(C)c1NC(C)CCc1ccccc1. The van der Waals surface area contributed by atoms with Crippen LogP contribution in [0, 0.1) is 13.8 Å². The van der Waals surface area contributed by atoms with Crippen LogP contribution < -0.4 is 5.32 Å². The Bertz CT molecular complexity index is 570. The summed E-state index contributed by atoms with van der Waals surface area (Å²) in [5, 5.41) is 8.28. The lowest BCUT2D eigenvalue weighted by Crippen LogP contribution is -2.17. The van der Waals surface area contributed by atoms with Gasteiger partial charge in [-0.3, -0.25) is 4.68 Å². The maximum Gasteiger partial charge on any atom is 0.0828 e. The van der Waals surface area contributed by atoms with E-state index in [1.165, 1.54) is 16.9 Å². The molecule has 0 radical (unpaired) electrons. The highest BCUT2D eigenvalue weighted by molar-refractivity contribution is 5.52. The fraction of sp³-hybridized carbons (Fsp3) is 0.500. The Kier molecular flexibility index (Phi) is 5.05. The highest BCUT2D eigenvalue weighted by Gasteiger charge is 2.15. The molecule has 1 heterocycles. The Balaban J connectivity index is 1.98. The number of hydrogen-bond donors (Lipinski definition) is 1. The summed E-state index contributed by atoms with van der Waals surface area (Å²) < 4.78 is 2.10. The molecule has 0 bridgehead atoms. The lowest BCUT2D eigenvalue weighted by Gasteiger charge is -2.16. The van der Waals surface area contributed by atoms with E-state index >= 15 is 0 Å². The van der Waals surface area contributed by atoms with E-state index in [2.05, 4.69) is 80.0 Å². The smallest absolute Gasteiger partial charge is 0.0828 e. The molecule has 1 unspecified atom stereocenters. The zero-order valence-electron chi connectivity index (χ0n) is 13.9. The van der Waals surface area contributed by atoms with Gasteiger partial charge in [0.25, 0.3) is 0 Å². The third-order valence-electron chi connectivity index (χ3n) is 3.91. The summed E-state index contributed by atoms with van der Waals surface area (Å²) in [5.41, 5.74) is 4.92. The number of anilines is 1. The molecule has 2 aromatic rings. The summed E-state index contributed by atoms with van der Waals surface area (Å²) >= 11 is 0. The Morgan fingerprint density at radius 2 is 1.76 bits per heavy atom. The van der Waals surface area contributed by atoms with Crippen LogP contribution in [0.1, 0.15) is 50.2 Å². The molecule has 0 saturated carbocycles. The number of nitrogens with one attached hydrogen (secondary N) is 1. The molecule has 0 aliphatic heterocycles. The maximum absolute atomic E-state index is 4.64.